The third-order valence-electron chi connectivity index (χ3n) is 2.68. The van der Waals surface area contributed by atoms with Crippen molar-refractivity contribution < 1.29 is 4.79 Å². The predicted molar refractivity (Wildman–Crippen MR) is 70.0 cm³/mol. The summed E-state index contributed by atoms with van der Waals surface area (Å²) in [6, 6.07) is 7.18. The first-order valence-corrected chi connectivity index (χ1v) is 6.02. The number of carbonyl (C=O) groups is 1. The van der Waals surface area contributed by atoms with Crippen LogP contribution in [0.15, 0.2) is 36.7 Å². The minimum Gasteiger partial charge on any atom is -0.356 e. The van der Waals surface area contributed by atoms with Crippen LogP contribution in [0.2, 0.25) is 5.02 Å². The van der Waals surface area contributed by atoms with E-state index in [1.54, 1.807) is 12.3 Å². The third-order valence-corrected chi connectivity index (χ3v) is 2.90. The molecule has 0 atom stereocenters. The summed E-state index contributed by atoms with van der Waals surface area (Å²) in [4.78, 5) is 14.6. The van der Waals surface area contributed by atoms with Gasteiger partial charge >= 0.3 is 0 Å². The zero-order valence-electron chi connectivity index (χ0n) is 9.80. The second kappa shape index (κ2) is 4.74. The molecule has 2 N–H and O–H groups in total. The normalized spacial score (nSPS) is 10.8. The molecule has 0 bridgehead atoms. The van der Waals surface area contributed by atoms with E-state index in [0.717, 1.165) is 5.65 Å². The van der Waals surface area contributed by atoms with Crippen molar-refractivity contribution in [3.05, 3.63) is 53.2 Å². The van der Waals surface area contributed by atoms with E-state index < -0.39 is 0 Å². The minimum absolute atomic E-state index is 0.236. The number of halogens is 1. The summed E-state index contributed by atoms with van der Waals surface area (Å²) in [5.74, 6) is 0.432. The van der Waals surface area contributed by atoms with Gasteiger partial charge in [0, 0.05) is 12.4 Å². The zero-order valence-corrected chi connectivity index (χ0v) is 10.6. The van der Waals surface area contributed by atoms with Gasteiger partial charge in [-0.05, 0) is 18.2 Å². The van der Waals surface area contributed by atoms with Gasteiger partial charge in [-0.15, -0.1) is 10.2 Å². The average Bonchev–Trinajstić information content (AvgIpc) is 3.02. The molecule has 0 saturated heterocycles. The summed E-state index contributed by atoms with van der Waals surface area (Å²) in [5, 5.41) is 11.3. The molecule has 3 aromatic rings. The highest BCUT2D eigenvalue weighted by Crippen LogP contribution is 2.09. The number of pyridine rings is 1. The Labute approximate surface area is 113 Å². The fourth-order valence-electron chi connectivity index (χ4n) is 1.77. The molecule has 96 valence electrons. The Bertz CT molecular complexity index is 732. The van der Waals surface area contributed by atoms with Crippen LogP contribution in [0, 0.1) is 0 Å². The molecule has 0 aliphatic carbocycles. The number of aromatic amines is 1. The van der Waals surface area contributed by atoms with Crippen molar-refractivity contribution in [2.45, 2.75) is 6.54 Å². The van der Waals surface area contributed by atoms with Gasteiger partial charge in [0.05, 0.1) is 11.6 Å². The molecular weight excluding hydrogens is 266 g/mol. The maximum atomic E-state index is 11.8. The van der Waals surface area contributed by atoms with Crippen molar-refractivity contribution in [1.82, 2.24) is 24.9 Å². The lowest BCUT2D eigenvalue weighted by Crippen LogP contribution is -2.24. The maximum Gasteiger partial charge on any atom is 0.268 e. The highest BCUT2D eigenvalue weighted by molar-refractivity contribution is 6.30. The van der Waals surface area contributed by atoms with E-state index in [0.29, 0.717) is 23.1 Å². The number of fused-ring (bicyclic) bond motifs is 1. The van der Waals surface area contributed by atoms with Gasteiger partial charge in [-0.2, -0.15) is 0 Å². The van der Waals surface area contributed by atoms with Gasteiger partial charge < -0.3 is 10.3 Å². The lowest BCUT2D eigenvalue weighted by molar-refractivity contribution is 0.0945. The number of rotatable bonds is 3. The van der Waals surface area contributed by atoms with Crippen LogP contribution in [-0.2, 0) is 6.54 Å². The van der Waals surface area contributed by atoms with E-state index in [4.69, 9.17) is 11.6 Å². The molecule has 0 unspecified atom stereocenters. The van der Waals surface area contributed by atoms with Crippen LogP contribution in [-0.4, -0.2) is 25.5 Å². The number of hydrogen-bond donors (Lipinski definition) is 2. The molecule has 0 spiro atoms. The van der Waals surface area contributed by atoms with Crippen LogP contribution >= 0.6 is 11.6 Å². The van der Waals surface area contributed by atoms with Crippen LogP contribution < -0.4 is 5.32 Å². The summed E-state index contributed by atoms with van der Waals surface area (Å²) in [7, 11) is 0. The van der Waals surface area contributed by atoms with Crippen LogP contribution in [0.25, 0.3) is 5.65 Å². The number of aromatic nitrogens is 4. The van der Waals surface area contributed by atoms with Crippen molar-refractivity contribution in [3.63, 3.8) is 0 Å². The Morgan fingerprint density at radius 3 is 3.11 bits per heavy atom. The van der Waals surface area contributed by atoms with Crippen molar-refractivity contribution in [2.24, 2.45) is 0 Å². The van der Waals surface area contributed by atoms with Crippen molar-refractivity contribution in [2.75, 3.05) is 0 Å². The first kappa shape index (κ1) is 11.7. The van der Waals surface area contributed by atoms with E-state index in [9.17, 15) is 4.79 Å². The summed E-state index contributed by atoms with van der Waals surface area (Å²) in [6.07, 6.45) is 3.41. The Balaban J connectivity index is 1.74. The van der Waals surface area contributed by atoms with Crippen LogP contribution in [0.3, 0.4) is 0 Å². The quantitative estimate of drug-likeness (QED) is 0.763. The zero-order chi connectivity index (χ0) is 13.2. The number of nitrogens with one attached hydrogen (secondary N) is 2. The number of H-pyrrole nitrogens is 1. The van der Waals surface area contributed by atoms with Crippen molar-refractivity contribution in [3.8, 4) is 0 Å². The molecule has 3 aromatic heterocycles. The summed E-state index contributed by atoms with van der Waals surface area (Å²) in [6.45, 7) is 0.292. The summed E-state index contributed by atoms with van der Waals surface area (Å²) in [5.41, 5.74) is 1.16. The molecular formula is C12H10ClN5O. The second-order valence-corrected chi connectivity index (χ2v) is 4.40. The molecule has 0 radical (unpaired) electrons. The fraction of sp³-hybridized carbons (Fsp3) is 0.0833. The lowest BCUT2D eigenvalue weighted by Gasteiger charge is -2.02. The maximum absolute atomic E-state index is 11.8. The first-order valence-electron chi connectivity index (χ1n) is 5.65. The number of hydrogen-bond acceptors (Lipinski definition) is 3. The second-order valence-electron chi connectivity index (χ2n) is 3.96. The number of amides is 1. The van der Waals surface area contributed by atoms with Gasteiger partial charge in [0.1, 0.15) is 5.69 Å². The summed E-state index contributed by atoms with van der Waals surface area (Å²) >= 11 is 5.74. The van der Waals surface area contributed by atoms with Crippen LogP contribution in [0.4, 0.5) is 0 Å². The van der Waals surface area contributed by atoms with Crippen LogP contribution in [0.5, 0.6) is 0 Å². The molecule has 0 fully saturated rings. The standard InChI is InChI=1S/C12H10ClN5O/c13-8-5-9(14-6-8)12(19)15-7-11-17-16-10-3-1-2-4-18(10)11/h1-6,14H,7H2,(H,15,19). The fourth-order valence-corrected chi connectivity index (χ4v) is 1.93. The van der Waals surface area contributed by atoms with E-state index in [1.807, 2.05) is 28.8 Å². The molecule has 3 heterocycles. The highest BCUT2D eigenvalue weighted by atomic mass is 35.5. The topological polar surface area (TPSA) is 75.1 Å². The highest BCUT2D eigenvalue weighted by Gasteiger charge is 2.10. The van der Waals surface area contributed by atoms with Crippen molar-refractivity contribution in [1.29, 1.82) is 0 Å². The van der Waals surface area contributed by atoms with Crippen molar-refractivity contribution >= 4 is 23.2 Å². The van der Waals surface area contributed by atoms with Gasteiger partial charge in [-0.25, -0.2) is 0 Å². The van der Waals surface area contributed by atoms with E-state index >= 15 is 0 Å². The van der Waals surface area contributed by atoms with Gasteiger partial charge in [-0.3, -0.25) is 9.20 Å². The molecule has 0 aromatic carbocycles. The minimum atomic E-state index is -0.236. The number of nitrogens with zero attached hydrogens (tertiary/aromatic N) is 3. The Kier molecular flexibility index (Phi) is 2.92. The molecule has 0 saturated carbocycles. The molecule has 0 aliphatic rings. The molecule has 1 amide bonds. The molecule has 7 heteroatoms. The Morgan fingerprint density at radius 1 is 1.42 bits per heavy atom. The molecule has 0 aliphatic heterocycles. The SMILES string of the molecule is O=C(NCc1nnc2ccccn12)c1cc(Cl)c[nH]1. The Morgan fingerprint density at radius 2 is 2.32 bits per heavy atom. The van der Waals surface area contributed by atoms with Gasteiger partial charge in [0.15, 0.2) is 11.5 Å². The molecule has 19 heavy (non-hydrogen) atoms. The first-order chi connectivity index (χ1) is 9.24. The molecule has 3 rings (SSSR count). The van der Waals surface area contributed by atoms with E-state index in [2.05, 4.69) is 20.5 Å². The average molecular weight is 276 g/mol. The van der Waals surface area contributed by atoms with E-state index in [-0.39, 0.29) is 5.91 Å². The third kappa shape index (κ3) is 2.30. The Hall–Kier alpha value is -2.34. The molecule has 6 nitrogen and oxygen atoms in total. The lowest BCUT2D eigenvalue weighted by atomic mass is 10.4. The largest absolute Gasteiger partial charge is 0.356 e. The number of carbonyl (C=O) groups excluding carboxylic acids is 1. The van der Waals surface area contributed by atoms with Gasteiger partial charge in [0.2, 0.25) is 0 Å². The van der Waals surface area contributed by atoms with E-state index in [1.165, 1.54) is 0 Å². The smallest absolute Gasteiger partial charge is 0.268 e. The monoisotopic (exact) mass is 275 g/mol. The van der Waals surface area contributed by atoms with Gasteiger partial charge in [-0.1, -0.05) is 17.7 Å². The van der Waals surface area contributed by atoms with Gasteiger partial charge in [0.25, 0.3) is 5.91 Å². The van der Waals surface area contributed by atoms with Crippen LogP contribution in [0.1, 0.15) is 16.3 Å². The predicted octanol–water partition coefficient (Wildman–Crippen LogP) is 1.64. The summed E-state index contributed by atoms with van der Waals surface area (Å²) < 4.78 is 1.82.